The first-order chi connectivity index (χ1) is 7.70. The minimum Gasteiger partial charge on any atom is -0.388 e. The molecule has 5 nitrogen and oxygen atoms in total. The van der Waals surface area contributed by atoms with Crippen LogP contribution in [-0.4, -0.2) is 43.6 Å². The highest BCUT2D eigenvalue weighted by Crippen LogP contribution is 2.31. The van der Waals surface area contributed by atoms with Crippen molar-refractivity contribution in [2.75, 3.05) is 18.6 Å². The second-order valence-corrected chi connectivity index (χ2v) is 7.41. The zero-order chi connectivity index (χ0) is 13.1. The smallest absolute Gasteiger partial charge is 0.235 e. The van der Waals surface area contributed by atoms with Gasteiger partial charge in [0.25, 0.3) is 0 Å². The van der Waals surface area contributed by atoms with E-state index in [0.717, 1.165) is 19.1 Å². The van der Waals surface area contributed by atoms with Gasteiger partial charge in [-0.05, 0) is 18.8 Å². The van der Waals surface area contributed by atoms with Crippen LogP contribution in [0.4, 0.5) is 0 Å². The molecule has 0 aromatic carbocycles. The molecule has 0 bridgehead atoms. The molecule has 0 aliphatic heterocycles. The molecule has 0 spiro atoms. The monoisotopic (exact) mass is 263 g/mol. The van der Waals surface area contributed by atoms with Crippen molar-refractivity contribution < 1.29 is 18.3 Å². The molecule has 2 atom stereocenters. The van der Waals surface area contributed by atoms with Gasteiger partial charge in [-0.15, -0.1) is 0 Å². The fourth-order valence-corrected chi connectivity index (χ4v) is 2.92. The largest absolute Gasteiger partial charge is 0.388 e. The van der Waals surface area contributed by atoms with Crippen molar-refractivity contribution in [3.8, 4) is 0 Å². The molecule has 1 aliphatic carbocycles. The van der Waals surface area contributed by atoms with Gasteiger partial charge in [0.2, 0.25) is 5.91 Å². The third-order valence-electron chi connectivity index (χ3n) is 3.08. The van der Waals surface area contributed by atoms with Gasteiger partial charge in [-0.1, -0.05) is 19.8 Å². The van der Waals surface area contributed by atoms with Gasteiger partial charge in [-0.3, -0.25) is 4.79 Å². The molecule has 0 aromatic heterocycles. The van der Waals surface area contributed by atoms with Crippen LogP contribution in [0.3, 0.4) is 0 Å². The summed E-state index contributed by atoms with van der Waals surface area (Å²) < 4.78 is 21.8. The zero-order valence-electron chi connectivity index (χ0n) is 10.4. The molecule has 2 unspecified atom stereocenters. The minimum atomic E-state index is -3.30. The first-order valence-corrected chi connectivity index (χ1v) is 7.93. The van der Waals surface area contributed by atoms with Crippen molar-refractivity contribution >= 4 is 15.7 Å². The Morgan fingerprint density at radius 3 is 2.71 bits per heavy atom. The molecule has 6 heteroatoms. The molecule has 1 saturated carbocycles. The number of carbonyl (C=O) groups excluding carboxylic acids is 1. The van der Waals surface area contributed by atoms with Crippen LogP contribution in [0.1, 0.15) is 32.6 Å². The predicted octanol–water partition coefficient (Wildman–Crippen LogP) is 0.0884. The van der Waals surface area contributed by atoms with Crippen molar-refractivity contribution in [1.29, 1.82) is 0 Å². The van der Waals surface area contributed by atoms with E-state index in [-0.39, 0.29) is 6.54 Å². The Hall–Kier alpha value is -0.620. The van der Waals surface area contributed by atoms with Gasteiger partial charge in [0.15, 0.2) is 9.84 Å². The third kappa shape index (κ3) is 5.50. The van der Waals surface area contributed by atoms with E-state index in [4.69, 9.17) is 0 Å². The number of amides is 1. The summed E-state index contributed by atoms with van der Waals surface area (Å²) >= 11 is 0. The lowest BCUT2D eigenvalue weighted by Crippen LogP contribution is -2.46. The third-order valence-corrected chi connectivity index (χ3v) is 3.86. The second-order valence-electron chi connectivity index (χ2n) is 5.27. The summed E-state index contributed by atoms with van der Waals surface area (Å²) in [7, 11) is -3.30. The predicted molar refractivity (Wildman–Crippen MR) is 65.3 cm³/mol. The standard InChI is InChI=1S/C11H21NO4S/c1-9-4-3-5-11(14,6-9)8-12-10(13)7-17(2,15)16/h9,14H,3-8H2,1-2H3,(H,12,13). The van der Waals surface area contributed by atoms with E-state index < -0.39 is 27.1 Å². The molecular formula is C11H21NO4S. The van der Waals surface area contributed by atoms with E-state index in [0.29, 0.717) is 18.8 Å². The van der Waals surface area contributed by atoms with Crippen LogP contribution in [0.15, 0.2) is 0 Å². The lowest BCUT2D eigenvalue weighted by Gasteiger charge is -2.35. The molecule has 1 aliphatic rings. The van der Waals surface area contributed by atoms with Crippen molar-refractivity contribution in [2.24, 2.45) is 5.92 Å². The highest BCUT2D eigenvalue weighted by molar-refractivity contribution is 7.91. The highest BCUT2D eigenvalue weighted by Gasteiger charge is 2.32. The maximum absolute atomic E-state index is 11.3. The summed E-state index contributed by atoms with van der Waals surface area (Å²) in [5, 5.41) is 12.7. The summed E-state index contributed by atoms with van der Waals surface area (Å²) in [6.45, 7) is 2.22. The Labute approximate surface area is 103 Å². The van der Waals surface area contributed by atoms with Gasteiger partial charge in [0.1, 0.15) is 5.75 Å². The number of hydrogen-bond acceptors (Lipinski definition) is 4. The van der Waals surface area contributed by atoms with Gasteiger partial charge in [-0.25, -0.2) is 8.42 Å². The zero-order valence-corrected chi connectivity index (χ0v) is 11.2. The number of hydrogen-bond donors (Lipinski definition) is 2. The molecule has 0 radical (unpaired) electrons. The Bertz CT molecular complexity index is 379. The average molecular weight is 263 g/mol. The minimum absolute atomic E-state index is 0.145. The molecule has 1 fully saturated rings. The van der Waals surface area contributed by atoms with Crippen LogP contribution < -0.4 is 5.32 Å². The van der Waals surface area contributed by atoms with Crippen molar-refractivity contribution in [3.63, 3.8) is 0 Å². The molecule has 0 heterocycles. The SMILES string of the molecule is CC1CCCC(O)(CNC(=O)CS(C)(=O)=O)C1. The van der Waals surface area contributed by atoms with Gasteiger partial charge >= 0.3 is 0 Å². The fraction of sp³-hybridized carbons (Fsp3) is 0.909. The molecule has 0 aromatic rings. The summed E-state index contributed by atoms with van der Waals surface area (Å²) in [6.07, 6.45) is 4.38. The molecule has 0 saturated heterocycles. The van der Waals surface area contributed by atoms with Crippen LogP contribution >= 0.6 is 0 Å². The second kappa shape index (κ2) is 5.35. The Kier molecular flexibility index (Phi) is 4.55. The van der Waals surface area contributed by atoms with Gasteiger partial charge < -0.3 is 10.4 Å². The van der Waals surface area contributed by atoms with E-state index in [1.165, 1.54) is 0 Å². The normalized spacial score (nSPS) is 29.9. The Morgan fingerprint density at radius 2 is 2.18 bits per heavy atom. The molecule has 2 N–H and O–H groups in total. The maximum Gasteiger partial charge on any atom is 0.235 e. The lowest BCUT2D eigenvalue weighted by atomic mass is 9.79. The van der Waals surface area contributed by atoms with Gasteiger partial charge in [-0.2, -0.15) is 0 Å². The van der Waals surface area contributed by atoms with E-state index in [9.17, 15) is 18.3 Å². The van der Waals surface area contributed by atoms with E-state index in [1.807, 2.05) is 0 Å². The maximum atomic E-state index is 11.3. The Morgan fingerprint density at radius 1 is 1.53 bits per heavy atom. The first-order valence-electron chi connectivity index (χ1n) is 5.87. The van der Waals surface area contributed by atoms with Crippen molar-refractivity contribution in [1.82, 2.24) is 5.32 Å². The quantitative estimate of drug-likeness (QED) is 0.753. The fourth-order valence-electron chi connectivity index (χ4n) is 2.35. The van der Waals surface area contributed by atoms with Crippen LogP contribution in [0.25, 0.3) is 0 Å². The number of aliphatic hydroxyl groups is 1. The van der Waals surface area contributed by atoms with Crippen LogP contribution in [0.5, 0.6) is 0 Å². The molecule has 1 rings (SSSR count). The number of carbonyl (C=O) groups is 1. The van der Waals surface area contributed by atoms with E-state index >= 15 is 0 Å². The number of nitrogens with one attached hydrogen (secondary N) is 1. The average Bonchev–Trinajstić information content (AvgIpc) is 2.12. The van der Waals surface area contributed by atoms with Gasteiger partial charge in [0.05, 0.1) is 5.60 Å². The topological polar surface area (TPSA) is 83.5 Å². The molecule has 100 valence electrons. The summed E-state index contributed by atoms with van der Waals surface area (Å²) in [6, 6.07) is 0. The molecule has 1 amide bonds. The number of sulfone groups is 1. The molecular weight excluding hydrogens is 242 g/mol. The summed E-state index contributed by atoms with van der Waals surface area (Å²) in [5.41, 5.74) is -0.870. The van der Waals surface area contributed by atoms with Crippen molar-refractivity contribution in [3.05, 3.63) is 0 Å². The summed E-state index contributed by atoms with van der Waals surface area (Å²) in [4.78, 5) is 11.3. The Balaban J connectivity index is 2.41. The van der Waals surface area contributed by atoms with E-state index in [1.54, 1.807) is 0 Å². The summed E-state index contributed by atoms with van der Waals surface area (Å²) in [5.74, 6) is -0.613. The van der Waals surface area contributed by atoms with Crippen LogP contribution in [0, 0.1) is 5.92 Å². The van der Waals surface area contributed by atoms with Crippen LogP contribution in [-0.2, 0) is 14.6 Å². The number of rotatable bonds is 4. The molecule has 17 heavy (non-hydrogen) atoms. The lowest BCUT2D eigenvalue weighted by molar-refractivity contribution is -0.120. The van der Waals surface area contributed by atoms with Crippen molar-refractivity contribution in [2.45, 2.75) is 38.2 Å². The van der Waals surface area contributed by atoms with E-state index in [2.05, 4.69) is 12.2 Å². The van der Waals surface area contributed by atoms with Gasteiger partial charge in [0, 0.05) is 12.8 Å². The highest BCUT2D eigenvalue weighted by atomic mass is 32.2. The van der Waals surface area contributed by atoms with Crippen LogP contribution in [0.2, 0.25) is 0 Å². The first kappa shape index (κ1) is 14.4.